The fourth-order valence-corrected chi connectivity index (χ4v) is 3.80. The van der Waals surface area contributed by atoms with Crippen LogP contribution in [0.3, 0.4) is 0 Å². The number of nitrogens with zero attached hydrogens (tertiary/aromatic N) is 2. The van der Waals surface area contributed by atoms with Crippen LogP contribution >= 0.6 is 0 Å². The van der Waals surface area contributed by atoms with Crippen molar-refractivity contribution in [3.05, 3.63) is 115 Å². The van der Waals surface area contributed by atoms with Crippen LogP contribution in [0.4, 0.5) is 11.4 Å². The summed E-state index contributed by atoms with van der Waals surface area (Å²) in [6.45, 7) is 0.439. The van der Waals surface area contributed by atoms with Gasteiger partial charge in [0.05, 0.1) is 6.54 Å². The quantitative estimate of drug-likeness (QED) is 0.362. The lowest BCUT2D eigenvalue weighted by Gasteiger charge is -2.23. The molecule has 0 saturated carbocycles. The van der Waals surface area contributed by atoms with E-state index in [1.165, 1.54) is 0 Å². The first-order chi connectivity index (χ1) is 15.7. The number of benzene rings is 3. The molecule has 0 unspecified atom stereocenters. The number of aromatic amines is 1. The zero-order chi connectivity index (χ0) is 21.9. The summed E-state index contributed by atoms with van der Waals surface area (Å²) in [4.78, 5) is 22.6. The Morgan fingerprint density at radius 3 is 2.25 bits per heavy atom. The summed E-state index contributed by atoms with van der Waals surface area (Å²) >= 11 is 0. The largest absolute Gasteiger partial charge is 0.399 e. The molecule has 0 aliphatic carbocycles. The van der Waals surface area contributed by atoms with E-state index < -0.39 is 0 Å². The number of fused-ring (bicyclic) bond motifs is 1. The van der Waals surface area contributed by atoms with Crippen molar-refractivity contribution in [2.45, 2.75) is 6.54 Å². The number of carbonyl (C=O) groups is 1. The van der Waals surface area contributed by atoms with Gasteiger partial charge in [0, 0.05) is 34.7 Å². The molecule has 5 nitrogen and oxygen atoms in total. The predicted molar refractivity (Wildman–Crippen MR) is 129 cm³/mol. The van der Waals surface area contributed by atoms with E-state index in [1.54, 1.807) is 17.3 Å². The van der Waals surface area contributed by atoms with E-state index in [4.69, 9.17) is 5.73 Å². The Morgan fingerprint density at radius 2 is 1.53 bits per heavy atom. The van der Waals surface area contributed by atoms with Crippen molar-refractivity contribution in [3.8, 4) is 11.1 Å². The van der Waals surface area contributed by atoms with Gasteiger partial charge in [-0.1, -0.05) is 42.5 Å². The molecule has 5 heteroatoms. The average Bonchev–Trinajstić information content (AvgIpc) is 3.28. The van der Waals surface area contributed by atoms with Crippen molar-refractivity contribution < 1.29 is 4.79 Å². The second kappa shape index (κ2) is 8.40. The summed E-state index contributed by atoms with van der Waals surface area (Å²) in [6.07, 6.45) is 3.57. The molecule has 0 aliphatic rings. The van der Waals surface area contributed by atoms with E-state index in [0.29, 0.717) is 17.9 Å². The van der Waals surface area contributed by atoms with Gasteiger partial charge in [0.25, 0.3) is 5.91 Å². The third-order valence-corrected chi connectivity index (χ3v) is 5.52. The second-order valence-corrected chi connectivity index (χ2v) is 7.69. The molecule has 0 spiro atoms. The molecule has 156 valence electrons. The number of nitrogen functional groups attached to an aromatic ring is 1. The number of para-hydroxylation sites is 1. The molecule has 0 radical (unpaired) electrons. The maximum Gasteiger partial charge on any atom is 0.275 e. The summed E-state index contributed by atoms with van der Waals surface area (Å²) in [5, 5.41) is 1.01. The highest BCUT2D eigenvalue weighted by Crippen LogP contribution is 2.25. The third-order valence-electron chi connectivity index (χ3n) is 5.52. The summed E-state index contributed by atoms with van der Waals surface area (Å²) in [5.74, 6) is -0.0934. The molecule has 5 rings (SSSR count). The van der Waals surface area contributed by atoms with Crippen molar-refractivity contribution in [2.75, 3.05) is 10.6 Å². The number of anilines is 2. The van der Waals surface area contributed by atoms with Crippen LogP contribution in [0, 0.1) is 0 Å². The lowest BCUT2D eigenvalue weighted by Crippen LogP contribution is -2.30. The van der Waals surface area contributed by atoms with E-state index in [2.05, 4.69) is 34.2 Å². The van der Waals surface area contributed by atoms with Crippen LogP contribution in [-0.4, -0.2) is 15.9 Å². The molecule has 2 heterocycles. The number of hydrogen-bond acceptors (Lipinski definition) is 3. The van der Waals surface area contributed by atoms with Crippen LogP contribution in [-0.2, 0) is 6.54 Å². The van der Waals surface area contributed by atoms with Gasteiger partial charge >= 0.3 is 0 Å². The number of rotatable bonds is 5. The van der Waals surface area contributed by atoms with Crippen LogP contribution in [0.25, 0.3) is 22.0 Å². The van der Waals surface area contributed by atoms with Crippen LogP contribution in [0.5, 0.6) is 0 Å². The normalized spacial score (nSPS) is 10.9. The molecule has 0 bridgehead atoms. The first-order valence-corrected chi connectivity index (χ1v) is 10.4. The Labute approximate surface area is 186 Å². The fourth-order valence-electron chi connectivity index (χ4n) is 3.80. The van der Waals surface area contributed by atoms with Gasteiger partial charge < -0.3 is 15.6 Å². The lowest BCUT2D eigenvalue weighted by atomic mass is 10.0. The average molecular weight is 419 g/mol. The van der Waals surface area contributed by atoms with Crippen molar-refractivity contribution in [1.29, 1.82) is 0 Å². The molecule has 5 aromatic rings. The molecule has 0 atom stereocenters. The zero-order valence-electron chi connectivity index (χ0n) is 17.4. The molecule has 32 heavy (non-hydrogen) atoms. The van der Waals surface area contributed by atoms with Gasteiger partial charge in [-0.05, 0) is 65.2 Å². The zero-order valence-corrected chi connectivity index (χ0v) is 17.4. The van der Waals surface area contributed by atoms with Crippen LogP contribution < -0.4 is 10.6 Å². The Kier molecular flexibility index (Phi) is 5.14. The summed E-state index contributed by atoms with van der Waals surface area (Å²) in [7, 11) is 0. The van der Waals surface area contributed by atoms with Gasteiger partial charge in [-0.25, -0.2) is 0 Å². The Hall–Kier alpha value is -4.38. The summed E-state index contributed by atoms with van der Waals surface area (Å²) in [6, 6.07) is 29.4. The molecular formula is C27H22N4O. The number of nitrogens with two attached hydrogens (primary N) is 1. The molecule has 3 N–H and O–H groups in total. The van der Waals surface area contributed by atoms with Crippen molar-refractivity contribution in [2.24, 2.45) is 0 Å². The first-order valence-electron chi connectivity index (χ1n) is 10.4. The molecule has 2 aromatic heterocycles. The van der Waals surface area contributed by atoms with Crippen molar-refractivity contribution >= 4 is 28.2 Å². The minimum absolute atomic E-state index is 0.0934. The topological polar surface area (TPSA) is 75.0 Å². The van der Waals surface area contributed by atoms with Gasteiger partial charge in [-0.15, -0.1) is 0 Å². The maximum absolute atomic E-state index is 13.5. The number of aromatic nitrogens is 2. The minimum atomic E-state index is -0.0934. The first kappa shape index (κ1) is 19.6. The lowest BCUT2D eigenvalue weighted by molar-refractivity contribution is 0.0981. The van der Waals surface area contributed by atoms with Crippen molar-refractivity contribution in [3.63, 3.8) is 0 Å². The molecular weight excluding hydrogens is 396 g/mol. The minimum Gasteiger partial charge on any atom is -0.399 e. The Bertz CT molecular complexity index is 1320. The second-order valence-electron chi connectivity index (χ2n) is 7.69. The van der Waals surface area contributed by atoms with Crippen LogP contribution in [0.1, 0.15) is 16.1 Å². The standard InChI is InChI=1S/C27H22N4O/c28-23-9-11-24(12-10-23)31(27(32)26-17-22-3-1-2-4-25(22)30-26)18-19-5-7-20(8-6-19)21-13-15-29-16-14-21/h1-17,30H,18,28H2. The van der Waals surface area contributed by atoms with Gasteiger partial charge in [-0.2, -0.15) is 0 Å². The third kappa shape index (κ3) is 3.96. The highest BCUT2D eigenvalue weighted by Gasteiger charge is 2.20. The van der Waals surface area contributed by atoms with Crippen LogP contribution in [0.2, 0.25) is 0 Å². The number of nitrogens with one attached hydrogen (secondary N) is 1. The number of pyridine rings is 1. The maximum atomic E-state index is 13.5. The van der Waals surface area contributed by atoms with Crippen LogP contribution in [0.15, 0.2) is 103 Å². The number of carbonyl (C=O) groups excluding carboxylic acids is 1. The molecule has 1 amide bonds. The highest BCUT2D eigenvalue weighted by molar-refractivity contribution is 6.07. The highest BCUT2D eigenvalue weighted by atomic mass is 16.2. The van der Waals surface area contributed by atoms with Crippen molar-refractivity contribution in [1.82, 2.24) is 9.97 Å². The Morgan fingerprint density at radius 1 is 0.844 bits per heavy atom. The number of H-pyrrole nitrogens is 1. The van der Waals surface area contributed by atoms with Gasteiger partial charge in [0.1, 0.15) is 5.69 Å². The van der Waals surface area contributed by atoms with E-state index in [0.717, 1.165) is 33.3 Å². The summed E-state index contributed by atoms with van der Waals surface area (Å²) in [5.41, 5.74) is 12.1. The van der Waals surface area contributed by atoms with E-state index >= 15 is 0 Å². The Balaban J connectivity index is 1.47. The van der Waals surface area contributed by atoms with Gasteiger partial charge in [0.2, 0.25) is 0 Å². The number of amides is 1. The molecule has 0 saturated heterocycles. The molecule has 3 aromatic carbocycles. The van der Waals surface area contributed by atoms with E-state index in [-0.39, 0.29) is 5.91 Å². The van der Waals surface area contributed by atoms with E-state index in [1.807, 2.05) is 66.7 Å². The molecule has 0 aliphatic heterocycles. The number of hydrogen-bond donors (Lipinski definition) is 2. The fraction of sp³-hybridized carbons (Fsp3) is 0.0370. The smallest absolute Gasteiger partial charge is 0.275 e. The van der Waals surface area contributed by atoms with Gasteiger partial charge in [-0.3, -0.25) is 9.78 Å². The van der Waals surface area contributed by atoms with E-state index in [9.17, 15) is 4.79 Å². The monoisotopic (exact) mass is 418 g/mol. The summed E-state index contributed by atoms with van der Waals surface area (Å²) < 4.78 is 0. The predicted octanol–water partition coefficient (Wildman–Crippen LogP) is 5.66. The SMILES string of the molecule is Nc1ccc(N(Cc2ccc(-c3ccncc3)cc2)C(=O)c2cc3ccccc3[nH]2)cc1. The molecule has 0 fully saturated rings. The van der Waals surface area contributed by atoms with Gasteiger partial charge in [0.15, 0.2) is 0 Å².